The number of rotatable bonds is 3. The van der Waals surface area contributed by atoms with Gasteiger partial charge >= 0.3 is 0 Å². The summed E-state index contributed by atoms with van der Waals surface area (Å²) in [4.78, 5) is 22.5. The highest BCUT2D eigenvalue weighted by molar-refractivity contribution is 6.04. The van der Waals surface area contributed by atoms with Crippen molar-refractivity contribution in [2.24, 2.45) is 11.7 Å². The number of amides is 1. The smallest absolute Gasteiger partial charge is 0.250 e. The molecule has 0 spiro atoms. The lowest BCUT2D eigenvalue weighted by Crippen LogP contribution is -2.42. The predicted molar refractivity (Wildman–Crippen MR) is 85.5 cm³/mol. The summed E-state index contributed by atoms with van der Waals surface area (Å²) in [6.45, 7) is 4.42. The molecular weight excluding hydrogens is 276 g/mol. The minimum Gasteiger partial charge on any atom is -0.366 e. The molecule has 1 saturated heterocycles. The SMILES string of the molecule is CCN1C[C@H]2CCC[C@@]1(c1nc3c(C(N)=O)cccc3[nH]1)C2. The summed E-state index contributed by atoms with van der Waals surface area (Å²) in [6, 6.07) is 5.58. The van der Waals surface area contributed by atoms with Crippen molar-refractivity contribution in [1.29, 1.82) is 0 Å². The van der Waals surface area contributed by atoms with Gasteiger partial charge in [-0.15, -0.1) is 0 Å². The fourth-order valence-electron chi connectivity index (χ4n) is 4.54. The van der Waals surface area contributed by atoms with Crippen molar-refractivity contribution >= 4 is 16.9 Å². The first-order valence-electron chi connectivity index (χ1n) is 8.18. The lowest BCUT2D eigenvalue weighted by molar-refractivity contribution is 0.100. The minimum atomic E-state index is -0.415. The van der Waals surface area contributed by atoms with Gasteiger partial charge in [0.1, 0.15) is 11.3 Å². The molecule has 1 saturated carbocycles. The Morgan fingerprint density at radius 2 is 2.41 bits per heavy atom. The van der Waals surface area contributed by atoms with E-state index in [0.717, 1.165) is 36.8 Å². The van der Waals surface area contributed by atoms with Gasteiger partial charge in [0.25, 0.3) is 5.91 Å². The standard InChI is InChI=1S/C17H22N4O/c1-2-21-10-11-5-4-8-17(21,9-11)16-19-13-7-3-6-12(15(18)22)14(13)20-16/h3,6-7,11H,2,4-5,8-10H2,1H3,(H2,18,22)(H,19,20)/t11-,17-/m0/s1. The quantitative estimate of drug-likeness (QED) is 0.913. The number of aromatic amines is 1. The Bertz CT molecular complexity index is 737. The molecule has 0 unspecified atom stereocenters. The van der Waals surface area contributed by atoms with Gasteiger partial charge in [0.05, 0.1) is 16.6 Å². The highest BCUT2D eigenvalue weighted by atomic mass is 16.1. The molecule has 1 aromatic carbocycles. The molecule has 1 aliphatic heterocycles. The lowest BCUT2D eigenvalue weighted by atomic mass is 9.79. The van der Waals surface area contributed by atoms with E-state index in [4.69, 9.17) is 10.7 Å². The van der Waals surface area contributed by atoms with Crippen molar-refractivity contribution in [3.63, 3.8) is 0 Å². The van der Waals surface area contributed by atoms with Crippen molar-refractivity contribution in [1.82, 2.24) is 14.9 Å². The number of benzene rings is 1. The fourth-order valence-corrected chi connectivity index (χ4v) is 4.54. The van der Waals surface area contributed by atoms with Crippen LogP contribution in [0.5, 0.6) is 0 Å². The number of primary amides is 1. The molecule has 4 rings (SSSR count). The molecule has 2 heterocycles. The van der Waals surface area contributed by atoms with E-state index in [0.29, 0.717) is 11.1 Å². The highest BCUT2D eigenvalue weighted by Gasteiger charge is 2.50. The van der Waals surface area contributed by atoms with Crippen LogP contribution in [0.15, 0.2) is 18.2 Å². The van der Waals surface area contributed by atoms with Gasteiger partial charge in [0.15, 0.2) is 0 Å². The number of nitrogens with one attached hydrogen (secondary N) is 1. The molecule has 1 amide bonds. The topological polar surface area (TPSA) is 75.0 Å². The van der Waals surface area contributed by atoms with E-state index >= 15 is 0 Å². The van der Waals surface area contributed by atoms with Gasteiger partial charge in [-0.2, -0.15) is 0 Å². The van der Waals surface area contributed by atoms with Crippen LogP contribution in [0.25, 0.3) is 11.0 Å². The number of aromatic nitrogens is 2. The van der Waals surface area contributed by atoms with Crippen LogP contribution in [0.2, 0.25) is 0 Å². The van der Waals surface area contributed by atoms with Crippen molar-refractivity contribution in [3.8, 4) is 0 Å². The van der Waals surface area contributed by atoms with Gasteiger partial charge < -0.3 is 10.7 Å². The summed E-state index contributed by atoms with van der Waals surface area (Å²) < 4.78 is 0. The Kier molecular flexibility index (Phi) is 3.01. The second kappa shape index (κ2) is 4.81. The molecule has 0 radical (unpaired) electrons. The van der Waals surface area contributed by atoms with Crippen LogP contribution < -0.4 is 5.73 Å². The maximum atomic E-state index is 11.6. The number of carbonyl (C=O) groups is 1. The third-order valence-electron chi connectivity index (χ3n) is 5.51. The molecular formula is C17H22N4O. The number of fused-ring (bicyclic) bond motifs is 3. The van der Waals surface area contributed by atoms with E-state index in [1.165, 1.54) is 19.3 Å². The Morgan fingerprint density at radius 3 is 3.18 bits per heavy atom. The molecule has 2 atom stereocenters. The summed E-state index contributed by atoms with van der Waals surface area (Å²) in [5.41, 5.74) is 7.64. The van der Waals surface area contributed by atoms with Gasteiger partial charge in [-0.05, 0) is 43.9 Å². The largest absolute Gasteiger partial charge is 0.366 e. The van der Waals surface area contributed by atoms with Gasteiger partial charge in [-0.1, -0.05) is 19.4 Å². The number of H-pyrrole nitrogens is 1. The maximum absolute atomic E-state index is 11.6. The maximum Gasteiger partial charge on any atom is 0.250 e. The first kappa shape index (κ1) is 13.8. The molecule has 2 bridgehead atoms. The molecule has 5 heteroatoms. The van der Waals surface area contributed by atoms with E-state index in [9.17, 15) is 4.79 Å². The van der Waals surface area contributed by atoms with Crippen LogP contribution in [0.3, 0.4) is 0 Å². The minimum absolute atomic E-state index is 0.0194. The first-order valence-corrected chi connectivity index (χ1v) is 8.18. The molecule has 3 N–H and O–H groups in total. The molecule has 22 heavy (non-hydrogen) atoms. The summed E-state index contributed by atoms with van der Waals surface area (Å²) >= 11 is 0. The Balaban J connectivity index is 1.87. The van der Waals surface area contributed by atoms with Gasteiger partial charge in [-0.3, -0.25) is 9.69 Å². The van der Waals surface area contributed by atoms with E-state index < -0.39 is 5.91 Å². The highest BCUT2D eigenvalue weighted by Crippen LogP contribution is 2.49. The number of hydrogen-bond donors (Lipinski definition) is 2. The second-order valence-electron chi connectivity index (χ2n) is 6.68. The molecule has 2 aromatic rings. The van der Waals surface area contributed by atoms with Crippen LogP contribution in [-0.2, 0) is 5.54 Å². The normalized spacial score (nSPS) is 28.3. The summed E-state index contributed by atoms with van der Waals surface area (Å²) in [6.07, 6.45) is 4.89. The predicted octanol–water partition coefficient (Wildman–Crippen LogP) is 2.38. The molecule has 2 aliphatic rings. The molecule has 116 valence electrons. The third-order valence-corrected chi connectivity index (χ3v) is 5.51. The van der Waals surface area contributed by atoms with E-state index in [1.54, 1.807) is 6.07 Å². The number of carbonyl (C=O) groups excluding carboxylic acids is 1. The Morgan fingerprint density at radius 1 is 1.55 bits per heavy atom. The van der Waals surface area contributed by atoms with Crippen LogP contribution >= 0.6 is 0 Å². The number of nitrogens with two attached hydrogens (primary N) is 1. The number of para-hydroxylation sites is 1. The van der Waals surface area contributed by atoms with Crippen LogP contribution in [0, 0.1) is 5.92 Å². The van der Waals surface area contributed by atoms with Crippen LogP contribution in [0.4, 0.5) is 0 Å². The van der Waals surface area contributed by atoms with E-state index in [-0.39, 0.29) is 5.54 Å². The van der Waals surface area contributed by atoms with Gasteiger partial charge in [0.2, 0.25) is 0 Å². The lowest BCUT2D eigenvalue weighted by Gasteiger charge is -2.37. The average molecular weight is 298 g/mol. The molecule has 1 aliphatic carbocycles. The number of imidazole rings is 1. The van der Waals surface area contributed by atoms with Crippen molar-refractivity contribution in [2.75, 3.05) is 13.1 Å². The first-order chi connectivity index (χ1) is 10.6. The zero-order chi connectivity index (χ0) is 15.3. The molecule has 1 aromatic heterocycles. The molecule has 2 fully saturated rings. The Labute approximate surface area is 129 Å². The molecule has 5 nitrogen and oxygen atoms in total. The van der Waals surface area contributed by atoms with Crippen molar-refractivity contribution < 1.29 is 4.79 Å². The summed E-state index contributed by atoms with van der Waals surface area (Å²) in [5, 5.41) is 0. The zero-order valence-electron chi connectivity index (χ0n) is 12.9. The second-order valence-corrected chi connectivity index (χ2v) is 6.68. The fraction of sp³-hybridized carbons (Fsp3) is 0.529. The number of nitrogens with zero attached hydrogens (tertiary/aromatic N) is 2. The number of likely N-dealkylation sites (tertiary alicyclic amines) is 1. The van der Waals surface area contributed by atoms with E-state index in [2.05, 4.69) is 16.8 Å². The number of hydrogen-bond acceptors (Lipinski definition) is 3. The zero-order valence-corrected chi connectivity index (χ0v) is 12.9. The third kappa shape index (κ3) is 1.81. The Hall–Kier alpha value is -1.88. The monoisotopic (exact) mass is 298 g/mol. The summed E-state index contributed by atoms with van der Waals surface area (Å²) in [7, 11) is 0. The average Bonchev–Trinajstić information content (AvgIpc) is 3.06. The van der Waals surface area contributed by atoms with Crippen molar-refractivity contribution in [2.45, 2.75) is 38.1 Å². The van der Waals surface area contributed by atoms with Gasteiger partial charge in [0, 0.05) is 6.54 Å². The van der Waals surface area contributed by atoms with Crippen LogP contribution in [0.1, 0.15) is 48.8 Å². The van der Waals surface area contributed by atoms with Crippen molar-refractivity contribution in [3.05, 3.63) is 29.6 Å². The van der Waals surface area contributed by atoms with Crippen LogP contribution in [-0.4, -0.2) is 33.9 Å². The van der Waals surface area contributed by atoms with Gasteiger partial charge in [-0.25, -0.2) is 4.98 Å². The summed E-state index contributed by atoms with van der Waals surface area (Å²) in [5.74, 6) is 1.37. The van der Waals surface area contributed by atoms with E-state index in [1.807, 2.05) is 12.1 Å².